The van der Waals surface area contributed by atoms with Crippen LogP contribution in [0.25, 0.3) is 0 Å². The summed E-state index contributed by atoms with van der Waals surface area (Å²) in [4.78, 5) is 35.0. The van der Waals surface area contributed by atoms with E-state index < -0.39 is 0 Å². The highest BCUT2D eigenvalue weighted by atomic mass is 16.6. The number of hydrogen-bond donors (Lipinski definition) is 0. The zero-order valence-corrected chi connectivity index (χ0v) is 25.7. The van der Waals surface area contributed by atoms with Crippen LogP contribution < -0.4 is 18.9 Å². The molecule has 244 valence electrons. The fourth-order valence-corrected chi connectivity index (χ4v) is 6.51. The van der Waals surface area contributed by atoms with Crippen LogP contribution in [-0.2, 0) is 11.3 Å². The molecule has 0 bridgehead atoms. The second kappa shape index (κ2) is 14.2. The third-order valence-electron chi connectivity index (χ3n) is 8.97. The highest BCUT2D eigenvalue weighted by Gasteiger charge is 2.40. The Bertz CT molecular complexity index is 1670. The summed E-state index contributed by atoms with van der Waals surface area (Å²) in [5.74, 6) is 3.91. The number of likely N-dealkylation sites (tertiary alicyclic amines) is 2. The number of fused-ring (bicyclic) bond motifs is 3. The molecule has 2 unspecified atom stereocenters. The summed E-state index contributed by atoms with van der Waals surface area (Å²) in [6.07, 6.45) is 3.89. The molecule has 1 amide bonds. The monoisotopic (exact) mass is 636 g/mol. The van der Waals surface area contributed by atoms with E-state index in [0.29, 0.717) is 53.9 Å². The molecule has 4 aliphatic rings. The number of benzene rings is 2. The standard InChI is InChI=1S/C22H25N3O3.C14H11NO3.CH4/c1-15(26)25-12-18-10-24(11-19(18)13-25)9-16-4-6-17(7-5-16)21-14-27-20-3-2-8-23-22(20)28-21;16-8-10-3-5-11(6-4-10)13-9-17-12-2-1-7-15-14(12)18-13;/h2-8,18-19,21H,9-14H2,1H3;1-8,13H,9H2;1H4/t18?,19?,21-;13-;/m11./s1. The molecule has 2 saturated heterocycles. The van der Waals surface area contributed by atoms with E-state index in [-0.39, 0.29) is 25.5 Å². The lowest BCUT2D eigenvalue weighted by atomic mass is 10.0. The number of pyridine rings is 2. The minimum atomic E-state index is -0.187. The van der Waals surface area contributed by atoms with Gasteiger partial charge in [-0.3, -0.25) is 14.5 Å². The van der Waals surface area contributed by atoms with Crippen LogP contribution in [0.4, 0.5) is 0 Å². The van der Waals surface area contributed by atoms with Gasteiger partial charge in [0, 0.05) is 57.6 Å². The first-order valence-electron chi connectivity index (χ1n) is 15.6. The summed E-state index contributed by atoms with van der Waals surface area (Å²) in [6.45, 7) is 7.58. The molecule has 6 heterocycles. The van der Waals surface area contributed by atoms with Crippen LogP contribution in [0, 0.1) is 11.8 Å². The topological polar surface area (TPSA) is 103 Å². The maximum atomic E-state index is 11.6. The first-order valence-corrected chi connectivity index (χ1v) is 15.6. The van der Waals surface area contributed by atoms with E-state index in [9.17, 15) is 9.59 Å². The fraction of sp³-hybridized carbons (Fsp3) is 0.351. The molecule has 0 saturated carbocycles. The average molecular weight is 637 g/mol. The van der Waals surface area contributed by atoms with E-state index in [4.69, 9.17) is 18.9 Å². The Hall–Kier alpha value is -4.96. The molecular weight excluding hydrogens is 596 g/mol. The zero-order chi connectivity index (χ0) is 31.5. The third-order valence-corrected chi connectivity index (χ3v) is 8.97. The van der Waals surface area contributed by atoms with Crippen molar-refractivity contribution in [2.75, 3.05) is 39.4 Å². The van der Waals surface area contributed by atoms with Crippen molar-refractivity contribution in [2.24, 2.45) is 11.8 Å². The largest absolute Gasteiger partial charge is 0.484 e. The van der Waals surface area contributed by atoms with Crippen molar-refractivity contribution >= 4 is 12.2 Å². The minimum absolute atomic E-state index is 0. The predicted octanol–water partition coefficient (Wildman–Crippen LogP) is 5.55. The summed E-state index contributed by atoms with van der Waals surface area (Å²) in [5, 5.41) is 0. The lowest BCUT2D eigenvalue weighted by molar-refractivity contribution is -0.128. The van der Waals surface area contributed by atoms with Gasteiger partial charge in [0.1, 0.15) is 19.5 Å². The maximum absolute atomic E-state index is 11.6. The summed E-state index contributed by atoms with van der Waals surface area (Å²) >= 11 is 0. The second-order valence-electron chi connectivity index (χ2n) is 12.1. The lowest BCUT2D eigenvalue weighted by Crippen LogP contribution is -2.31. The highest BCUT2D eigenvalue weighted by molar-refractivity contribution is 5.74. The van der Waals surface area contributed by atoms with E-state index >= 15 is 0 Å². The molecule has 4 aliphatic heterocycles. The van der Waals surface area contributed by atoms with Crippen LogP contribution in [0.1, 0.15) is 53.6 Å². The smallest absolute Gasteiger partial charge is 0.257 e. The number of ether oxygens (including phenoxy) is 4. The van der Waals surface area contributed by atoms with Crippen LogP contribution in [0.2, 0.25) is 0 Å². The molecule has 47 heavy (non-hydrogen) atoms. The molecule has 2 aromatic heterocycles. The first kappa shape index (κ1) is 32.0. The molecule has 8 rings (SSSR count). The van der Waals surface area contributed by atoms with Gasteiger partial charge in [0.2, 0.25) is 5.91 Å². The van der Waals surface area contributed by atoms with Crippen molar-refractivity contribution in [3.63, 3.8) is 0 Å². The van der Waals surface area contributed by atoms with Crippen molar-refractivity contribution in [1.82, 2.24) is 19.8 Å². The van der Waals surface area contributed by atoms with Gasteiger partial charge >= 0.3 is 0 Å². The molecule has 4 atom stereocenters. The van der Waals surface area contributed by atoms with Crippen LogP contribution in [0.3, 0.4) is 0 Å². The molecule has 0 radical (unpaired) electrons. The van der Waals surface area contributed by atoms with Crippen LogP contribution in [-0.4, -0.2) is 71.4 Å². The van der Waals surface area contributed by atoms with Crippen molar-refractivity contribution in [3.05, 3.63) is 107 Å². The number of aromatic nitrogens is 2. The third kappa shape index (κ3) is 7.23. The average Bonchev–Trinajstić information content (AvgIpc) is 3.68. The van der Waals surface area contributed by atoms with Crippen LogP contribution >= 0.6 is 0 Å². The zero-order valence-electron chi connectivity index (χ0n) is 25.7. The van der Waals surface area contributed by atoms with Crippen LogP contribution in [0.15, 0.2) is 85.2 Å². The van der Waals surface area contributed by atoms with Crippen molar-refractivity contribution in [2.45, 2.75) is 33.1 Å². The van der Waals surface area contributed by atoms with Gasteiger partial charge in [0.15, 0.2) is 23.7 Å². The second-order valence-corrected chi connectivity index (χ2v) is 12.1. The number of nitrogens with zero attached hydrogens (tertiary/aromatic N) is 4. The fourth-order valence-electron chi connectivity index (χ4n) is 6.51. The van der Waals surface area contributed by atoms with Crippen molar-refractivity contribution < 1.29 is 28.5 Å². The van der Waals surface area contributed by atoms with Crippen molar-refractivity contribution in [1.29, 1.82) is 0 Å². The van der Waals surface area contributed by atoms with Crippen molar-refractivity contribution in [3.8, 4) is 23.3 Å². The summed E-state index contributed by atoms with van der Waals surface area (Å²) in [7, 11) is 0. The van der Waals surface area contributed by atoms with Gasteiger partial charge < -0.3 is 23.8 Å². The number of hydrogen-bond acceptors (Lipinski definition) is 9. The van der Waals surface area contributed by atoms with E-state index in [0.717, 1.165) is 50.1 Å². The highest BCUT2D eigenvalue weighted by Crippen LogP contribution is 2.36. The first-order chi connectivity index (χ1) is 22.5. The van der Waals surface area contributed by atoms with E-state index in [1.54, 1.807) is 37.5 Å². The molecular formula is C37H40N4O6. The predicted molar refractivity (Wildman–Crippen MR) is 176 cm³/mol. The Balaban J connectivity index is 0.000000176. The van der Waals surface area contributed by atoms with Crippen LogP contribution in [0.5, 0.6) is 23.3 Å². The van der Waals surface area contributed by atoms with Gasteiger partial charge in [0.05, 0.1) is 0 Å². The number of amides is 1. The number of carbonyl (C=O) groups excluding carboxylic acids is 2. The minimum Gasteiger partial charge on any atom is -0.484 e. The van der Waals surface area contributed by atoms with Gasteiger partial charge in [-0.05, 0) is 52.8 Å². The molecule has 0 N–H and O–H groups in total. The summed E-state index contributed by atoms with van der Waals surface area (Å²) < 4.78 is 23.1. The normalized spacial score (nSPS) is 22.3. The maximum Gasteiger partial charge on any atom is 0.257 e. The quantitative estimate of drug-likeness (QED) is 0.261. The molecule has 0 spiro atoms. The molecule has 10 heteroatoms. The number of carbonyl (C=O) groups is 2. The van der Waals surface area contributed by atoms with E-state index in [2.05, 4.69) is 39.1 Å². The Labute approximate surface area is 275 Å². The van der Waals surface area contributed by atoms with E-state index in [1.807, 2.05) is 35.2 Å². The lowest BCUT2D eigenvalue weighted by Gasteiger charge is -2.26. The van der Waals surface area contributed by atoms with Gasteiger partial charge in [0.25, 0.3) is 11.8 Å². The van der Waals surface area contributed by atoms with E-state index in [1.165, 1.54) is 5.56 Å². The van der Waals surface area contributed by atoms with Gasteiger partial charge in [-0.1, -0.05) is 56.0 Å². The Morgan fingerprint density at radius 2 is 1.28 bits per heavy atom. The SMILES string of the molecule is C.CC(=O)N1CC2CN(Cc3ccc([C@H]4COc5cccnc5O4)cc3)CC2C1.O=Cc1ccc([C@H]2COc3cccnc3O2)cc1. The summed E-state index contributed by atoms with van der Waals surface area (Å²) in [6, 6.07) is 23.2. The Morgan fingerprint density at radius 3 is 1.77 bits per heavy atom. The van der Waals surface area contributed by atoms with Gasteiger partial charge in [-0.15, -0.1) is 0 Å². The Morgan fingerprint density at radius 1 is 0.766 bits per heavy atom. The van der Waals surface area contributed by atoms with Gasteiger partial charge in [-0.25, -0.2) is 9.97 Å². The molecule has 4 aromatic rings. The number of rotatable bonds is 5. The molecule has 2 aromatic carbocycles. The van der Waals surface area contributed by atoms with Gasteiger partial charge in [-0.2, -0.15) is 0 Å². The Kier molecular flexibility index (Phi) is 9.68. The molecule has 0 aliphatic carbocycles. The molecule has 10 nitrogen and oxygen atoms in total. The number of aldehydes is 1. The molecule has 2 fully saturated rings. The summed E-state index contributed by atoms with van der Waals surface area (Å²) in [5.41, 5.74) is 4.03.